The average molecular weight is 320 g/mol. The molecule has 1 aromatic heterocycles. The van der Waals surface area contributed by atoms with Gasteiger partial charge in [-0.25, -0.2) is 4.98 Å². The van der Waals surface area contributed by atoms with Crippen molar-refractivity contribution in [1.82, 2.24) is 10.3 Å². The van der Waals surface area contributed by atoms with Gasteiger partial charge in [0.15, 0.2) is 0 Å². The van der Waals surface area contributed by atoms with Crippen molar-refractivity contribution in [2.75, 3.05) is 13.2 Å². The zero-order valence-electron chi connectivity index (χ0n) is 14.1. The van der Waals surface area contributed by atoms with Gasteiger partial charge in [-0.3, -0.25) is 4.79 Å². The second-order valence-electron chi connectivity index (χ2n) is 6.80. The summed E-state index contributed by atoms with van der Waals surface area (Å²) in [7, 11) is 0. The minimum absolute atomic E-state index is 0.0370. The van der Waals surface area contributed by atoms with Crippen molar-refractivity contribution in [3.63, 3.8) is 0 Å². The highest BCUT2D eigenvalue weighted by Gasteiger charge is 2.23. The molecule has 0 aliphatic heterocycles. The summed E-state index contributed by atoms with van der Waals surface area (Å²) in [6, 6.07) is 3.23. The first-order chi connectivity index (χ1) is 11.1. The Hall–Kier alpha value is -1.62. The lowest BCUT2D eigenvalue weighted by Crippen LogP contribution is -2.39. The van der Waals surface area contributed by atoms with E-state index in [1.54, 1.807) is 18.3 Å². The normalized spacial score (nSPS) is 16.5. The molecule has 128 valence electrons. The van der Waals surface area contributed by atoms with Crippen LogP contribution in [0.4, 0.5) is 0 Å². The summed E-state index contributed by atoms with van der Waals surface area (Å²) < 4.78 is 5.63. The van der Waals surface area contributed by atoms with Gasteiger partial charge in [-0.05, 0) is 30.4 Å². The van der Waals surface area contributed by atoms with Crippen LogP contribution in [-0.2, 0) is 0 Å². The molecule has 1 fully saturated rings. The van der Waals surface area contributed by atoms with Crippen molar-refractivity contribution >= 4 is 5.91 Å². The number of hydrogen-bond donors (Lipinski definition) is 2. The quantitative estimate of drug-likeness (QED) is 0.772. The Morgan fingerprint density at radius 3 is 2.83 bits per heavy atom. The number of nitrogens with one attached hydrogen (secondary N) is 1. The summed E-state index contributed by atoms with van der Waals surface area (Å²) in [5.41, 5.74) is 0.429. The molecule has 0 unspecified atom stereocenters. The number of pyridine rings is 1. The van der Waals surface area contributed by atoms with E-state index in [2.05, 4.69) is 10.3 Å². The summed E-state index contributed by atoms with van der Waals surface area (Å²) >= 11 is 0. The van der Waals surface area contributed by atoms with Crippen LogP contribution >= 0.6 is 0 Å². The Morgan fingerprint density at radius 2 is 2.17 bits per heavy atom. The van der Waals surface area contributed by atoms with Gasteiger partial charge in [0, 0.05) is 6.20 Å². The number of nitrogens with zero attached hydrogens (tertiary/aromatic N) is 1. The van der Waals surface area contributed by atoms with Gasteiger partial charge in [0.05, 0.1) is 19.3 Å². The largest absolute Gasteiger partial charge is 0.477 e. The van der Waals surface area contributed by atoms with Gasteiger partial charge in [-0.15, -0.1) is 0 Å². The Kier molecular flexibility index (Phi) is 6.84. The number of carbonyl (C=O) groups excluding carboxylic acids is 1. The van der Waals surface area contributed by atoms with Gasteiger partial charge in [0.25, 0.3) is 5.91 Å². The molecule has 1 atom stereocenters. The molecule has 0 aromatic carbocycles. The number of hydrogen-bond acceptors (Lipinski definition) is 4. The van der Waals surface area contributed by atoms with Gasteiger partial charge in [0.2, 0.25) is 5.88 Å². The molecule has 1 heterocycles. The van der Waals surface area contributed by atoms with E-state index in [0.717, 1.165) is 6.42 Å². The van der Waals surface area contributed by atoms with Crippen LogP contribution in [-0.4, -0.2) is 35.3 Å². The van der Waals surface area contributed by atoms with E-state index in [4.69, 9.17) is 4.74 Å². The fraction of sp³-hybridized carbons (Fsp3) is 0.667. The SMILES string of the molecule is CC(C)COc1ncccc1C(=O)N[C@H](CO)CC1CCCC1. The Morgan fingerprint density at radius 1 is 1.43 bits per heavy atom. The number of ether oxygens (including phenoxy) is 1. The van der Waals surface area contributed by atoms with E-state index >= 15 is 0 Å². The molecule has 5 nitrogen and oxygen atoms in total. The Labute approximate surface area is 138 Å². The zero-order chi connectivity index (χ0) is 16.7. The fourth-order valence-corrected chi connectivity index (χ4v) is 3.01. The average Bonchev–Trinajstić information content (AvgIpc) is 3.05. The highest BCUT2D eigenvalue weighted by molar-refractivity contribution is 5.96. The number of amides is 1. The van der Waals surface area contributed by atoms with Crippen molar-refractivity contribution < 1.29 is 14.6 Å². The minimum atomic E-state index is -0.228. The van der Waals surface area contributed by atoms with Crippen molar-refractivity contribution in [3.8, 4) is 5.88 Å². The first-order valence-corrected chi connectivity index (χ1v) is 8.59. The summed E-state index contributed by atoms with van der Waals surface area (Å²) in [5, 5.41) is 12.5. The molecule has 2 rings (SSSR count). The topological polar surface area (TPSA) is 71.5 Å². The summed E-state index contributed by atoms with van der Waals surface area (Å²) in [4.78, 5) is 16.7. The van der Waals surface area contributed by atoms with E-state index in [1.807, 2.05) is 13.8 Å². The molecule has 23 heavy (non-hydrogen) atoms. The van der Waals surface area contributed by atoms with E-state index in [9.17, 15) is 9.90 Å². The second kappa shape index (κ2) is 8.87. The van der Waals surface area contributed by atoms with Gasteiger partial charge >= 0.3 is 0 Å². The van der Waals surface area contributed by atoms with Gasteiger partial charge in [-0.1, -0.05) is 39.5 Å². The van der Waals surface area contributed by atoms with Crippen molar-refractivity contribution in [1.29, 1.82) is 0 Å². The number of aliphatic hydroxyl groups excluding tert-OH is 1. The number of aromatic nitrogens is 1. The van der Waals surface area contributed by atoms with Gasteiger partial charge < -0.3 is 15.2 Å². The first-order valence-electron chi connectivity index (χ1n) is 8.59. The third-order valence-electron chi connectivity index (χ3n) is 4.22. The summed E-state index contributed by atoms with van der Waals surface area (Å²) in [5.74, 6) is 1.10. The van der Waals surface area contributed by atoms with Crippen LogP contribution in [0.3, 0.4) is 0 Å². The third kappa shape index (κ3) is 5.50. The molecule has 2 N–H and O–H groups in total. The van der Waals surface area contributed by atoms with Crippen LogP contribution in [0.5, 0.6) is 5.88 Å². The highest BCUT2D eigenvalue weighted by atomic mass is 16.5. The molecule has 0 saturated heterocycles. The van der Waals surface area contributed by atoms with Crippen LogP contribution < -0.4 is 10.1 Å². The predicted molar refractivity (Wildman–Crippen MR) is 89.5 cm³/mol. The summed E-state index contributed by atoms with van der Waals surface area (Å²) in [6.07, 6.45) is 7.36. The van der Waals surface area contributed by atoms with Gasteiger partial charge in [-0.2, -0.15) is 0 Å². The van der Waals surface area contributed by atoms with E-state index in [1.165, 1.54) is 25.7 Å². The lowest BCUT2D eigenvalue weighted by Gasteiger charge is -2.20. The predicted octanol–water partition coefficient (Wildman–Crippen LogP) is 2.79. The van der Waals surface area contributed by atoms with E-state index in [-0.39, 0.29) is 18.6 Å². The van der Waals surface area contributed by atoms with Crippen LogP contribution in [0, 0.1) is 11.8 Å². The smallest absolute Gasteiger partial charge is 0.257 e. The molecule has 0 radical (unpaired) electrons. The Balaban J connectivity index is 1.98. The lowest BCUT2D eigenvalue weighted by molar-refractivity contribution is 0.0900. The maximum Gasteiger partial charge on any atom is 0.257 e. The van der Waals surface area contributed by atoms with Crippen LogP contribution in [0.2, 0.25) is 0 Å². The van der Waals surface area contributed by atoms with E-state index < -0.39 is 0 Å². The molecule has 1 saturated carbocycles. The van der Waals surface area contributed by atoms with E-state index in [0.29, 0.717) is 29.9 Å². The second-order valence-corrected chi connectivity index (χ2v) is 6.80. The monoisotopic (exact) mass is 320 g/mol. The number of carbonyl (C=O) groups is 1. The number of rotatable bonds is 8. The highest BCUT2D eigenvalue weighted by Crippen LogP contribution is 2.28. The van der Waals surface area contributed by atoms with Crippen LogP contribution in [0.15, 0.2) is 18.3 Å². The maximum atomic E-state index is 12.5. The maximum absolute atomic E-state index is 12.5. The molecule has 1 amide bonds. The molecule has 1 aliphatic carbocycles. The lowest BCUT2D eigenvalue weighted by atomic mass is 9.98. The molecule has 0 spiro atoms. The van der Waals surface area contributed by atoms with Crippen LogP contribution in [0.1, 0.15) is 56.3 Å². The van der Waals surface area contributed by atoms with Gasteiger partial charge in [0.1, 0.15) is 5.56 Å². The van der Waals surface area contributed by atoms with Crippen LogP contribution in [0.25, 0.3) is 0 Å². The third-order valence-corrected chi connectivity index (χ3v) is 4.22. The Bertz CT molecular complexity index is 499. The molecular weight excluding hydrogens is 292 g/mol. The van der Waals surface area contributed by atoms with Crippen molar-refractivity contribution in [2.45, 2.75) is 52.0 Å². The standard InChI is InChI=1S/C18H28N2O3/c1-13(2)12-23-18-16(8-5-9-19-18)17(22)20-15(11-21)10-14-6-3-4-7-14/h5,8-9,13-15,21H,3-4,6-7,10-12H2,1-2H3,(H,20,22)/t15-/m0/s1. The number of aliphatic hydroxyl groups is 1. The molecule has 1 aromatic rings. The fourth-order valence-electron chi connectivity index (χ4n) is 3.01. The molecular formula is C18H28N2O3. The first kappa shape index (κ1) is 17.7. The zero-order valence-corrected chi connectivity index (χ0v) is 14.1. The minimum Gasteiger partial charge on any atom is -0.477 e. The molecule has 1 aliphatic rings. The molecule has 5 heteroatoms. The molecule has 0 bridgehead atoms. The van der Waals surface area contributed by atoms with Crippen molar-refractivity contribution in [2.24, 2.45) is 11.8 Å². The summed E-state index contributed by atoms with van der Waals surface area (Å²) in [6.45, 7) is 4.58. The van der Waals surface area contributed by atoms with Crippen molar-refractivity contribution in [3.05, 3.63) is 23.9 Å².